The number of fused-ring (bicyclic) bond motifs is 1. The first-order valence-electron chi connectivity index (χ1n) is 7.47. The highest BCUT2D eigenvalue weighted by Crippen LogP contribution is 2.18. The molecule has 0 saturated heterocycles. The van der Waals surface area contributed by atoms with Gasteiger partial charge in [-0.25, -0.2) is 9.37 Å². The lowest BCUT2D eigenvalue weighted by molar-refractivity contribution is 0.625. The maximum Gasteiger partial charge on any atom is 0.266 e. The quantitative estimate of drug-likeness (QED) is 0.801. The Kier molecular flexibility index (Phi) is 4.11. The van der Waals surface area contributed by atoms with Gasteiger partial charge in [-0.1, -0.05) is 12.1 Å². The predicted octanol–water partition coefficient (Wildman–Crippen LogP) is 2.21. The van der Waals surface area contributed by atoms with Gasteiger partial charge in [0, 0.05) is 6.42 Å². The molecule has 1 heterocycles. The molecule has 120 valence electrons. The van der Waals surface area contributed by atoms with Gasteiger partial charge in [0.15, 0.2) is 0 Å². The molecule has 6 heteroatoms. The Balaban J connectivity index is 2.42. The average molecular weight is 322 g/mol. The fourth-order valence-corrected chi connectivity index (χ4v) is 2.77. The topological polar surface area (TPSA) is 84.7 Å². The number of halogens is 1. The van der Waals surface area contributed by atoms with Crippen LogP contribution in [0.1, 0.15) is 17.0 Å². The highest BCUT2D eigenvalue weighted by Gasteiger charge is 2.15. The summed E-state index contributed by atoms with van der Waals surface area (Å²) in [6, 6.07) is 11.1. The number of nitrogens with two attached hydrogens (primary N) is 1. The smallest absolute Gasteiger partial charge is 0.266 e. The first-order chi connectivity index (χ1) is 11.5. The van der Waals surface area contributed by atoms with Gasteiger partial charge in [0.05, 0.1) is 28.2 Å². The van der Waals surface area contributed by atoms with Gasteiger partial charge >= 0.3 is 0 Å². The Morgan fingerprint density at radius 3 is 2.83 bits per heavy atom. The summed E-state index contributed by atoms with van der Waals surface area (Å²) in [5.74, 6) is -0.144. The zero-order valence-corrected chi connectivity index (χ0v) is 13.1. The second kappa shape index (κ2) is 6.22. The summed E-state index contributed by atoms with van der Waals surface area (Å²) >= 11 is 0. The van der Waals surface area contributed by atoms with Crippen molar-refractivity contribution in [3.05, 3.63) is 69.5 Å². The van der Waals surface area contributed by atoms with E-state index in [0.717, 1.165) is 11.6 Å². The molecule has 0 aliphatic rings. The van der Waals surface area contributed by atoms with E-state index in [1.165, 1.54) is 16.7 Å². The first kappa shape index (κ1) is 15.8. The first-order valence-corrected chi connectivity index (χ1v) is 7.47. The molecular weight excluding hydrogens is 307 g/mol. The third kappa shape index (κ3) is 2.66. The number of nitrogens with zero attached hydrogens (tertiary/aromatic N) is 3. The van der Waals surface area contributed by atoms with E-state index >= 15 is 0 Å². The minimum atomic E-state index is -0.584. The van der Waals surface area contributed by atoms with Crippen LogP contribution in [0.4, 0.5) is 4.39 Å². The molecule has 1 aromatic heterocycles. The third-order valence-electron chi connectivity index (χ3n) is 3.81. The number of hydrogen-bond donors (Lipinski definition) is 1. The Morgan fingerprint density at radius 1 is 1.33 bits per heavy atom. The maximum absolute atomic E-state index is 13.8. The van der Waals surface area contributed by atoms with E-state index in [9.17, 15) is 9.18 Å². The molecule has 2 N–H and O–H groups in total. The van der Waals surface area contributed by atoms with Gasteiger partial charge in [0.2, 0.25) is 0 Å². The Bertz CT molecular complexity index is 1030. The molecule has 2 aromatic carbocycles. The number of aryl methyl sites for hydroxylation is 1. The summed E-state index contributed by atoms with van der Waals surface area (Å²) in [5, 5.41) is 9.52. The van der Waals surface area contributed by atoms with Crippen molar-refractivity contribution < 1.29 is 4.39 Å². The number of hydrogen-bond acceptors (Lipinski definition) is 4. The van der Waals surface area contributed by atoms with Gasteiger partial charge in [0.25, 0.3) is 5.56 Å². The summed E-state index contributed by atoms with van der Waals surface area (Å²) < 4.78 is 15.2. The van der Waals surface area contributed by atoms with Crippen LogP contribution in [-0.2, 0) is 6.42 Å². The second-order valence-corrected chi connectivity index (χ2v) is 5.49. The highest BCUT2D eigenvalue weighted by molar-refractivity contribution is 5.81. The summed E-state index contributed by atoms with van der Waals surface area (Å²) in [4.78, 5) is 17.6. The fourth-order valence-electron chi connectivity index (χ4n) is 2.77. The van der Waals surface area contributed by atoms with Gasteiger partial charge in [-0.2, -0.15) is 5.26 Å². The van der Waals surface area contributed by atoms with Crippen LogP contribution in [0.15, 0.2) is 41.2 Å². The van der Waals surface area contributed by atoms with E-state index in [-0.39, 0.29) is 16.8 Å². The largest absolute Gasteiger partial charge is 0.330 e. The third-order valence-corrected chi connectivity index (χ3v) is 3.81. The van der Waals surface area contributed by atoms with Crippen molar-refractivity contribution in [3.8, 4) is 11.8 Å². The van der Waals surface area contributed by atoms with Crippen LogP contribution >= 0.6 is 0 Å². The van der Waals surface area contributed by atoms with E-state index in [1.54, 1.807) is 6.07 Å². The van der Waals surface area contributed by atoms with Gasteiger partial charge < -0.3 is 5.73 Å². The minimum absolute atomic E-state index is 0.139. The molecule has 0 amide bonds. The molecule has 0 spiro atoms. The van der Waals surface area contributed by atoms with Crippen molar-refractivity contribution in [1.29, 1.82) is 5.26 Å². The van der Waals surface area contributed by atoms with Gasteiger partial charge in [-0.3, -0.25) is 9.36 Å². The Morgan fingerprint density at radius 2 is 2.12 bits per heavy atom. The van der Waals surface area contributed by atoms with E-state index in [0.29, 0.717) is 29.7 Å². The molecule has 24 heavy (non-hydrogen) atoms. The molecule has 0 atom stereocenters. The standard InChI is InChI=1S/C18H15FN4O/c1-11-3-2-4-15-17(11)18(24)23(16(22-15)5-6-20)14-8-12(10-21)7-13(19)9-14/h2-4,7-9H,5-6,20H2,1H3. The van der Waals surface area contributed by atoms with Crippen LogP contribution in [0.25, 0.3) is 16.6 Å². The second-order valence-electron chi connectivity index (χ2n) is 5.49. The van der Waals surface area contributed by atoms with E-state index in [2.05, 4.69) is 4.98 Å². The van der Waals surface area contributed by atoms with Crippen molar-refractivity contribution in [2.24, 2.45) is 5.73 Å². The van der Waals surface area contributed by atoms with Gasteiger partial charge in [0.1, 0.15) is 11.6 Å². The molecule has 0 aliphatic carbocycles. The molecule has 0 unspecified atom stereocenters. The van der Waals surface area contributed by atoms with Crippen molar-refractivity contribution in [3.63, 3.8) is 0 Å². The normalized spacial score (nSPS) is 10.8. The molecule has 0 fully saturated rings. The summed E-state index contributed by atoms with van der Waals surface area (Å²) in [6.07, 6.45) is 0.359. The van der Waals surface area contributed by atoms with E-state index in [4.69, 9.17) is 11.0 Å². The number of nitriles is 1. The minimum Gasteiger partial charge on any atom is -0.330 e. The van der Waals surface area contributed by atoms with Gasteiger partial charge in [-0.15, -0.1) is 0 Å². The number of rotatable bonds is 3. The van der Waals surface area contributed by atoms with E-state index in [1.807, 2.05) is 25.1 Å². The van der Waals surface area contributed by atoms with Crippen molar-refractivity contribution in [2.45, 2.75) is 13.3 Å². The molecule has 3 aromatic rings. The van der Waals surface area contributed by atoms with Crippen LogP contribution in [0.2, 0.25) is 0 Å². The predicted molar refractivity (Wildman–Crippen MR) is 89.5 cm³/mol. The Labute approximate surface area is 137 Å². The molecule has 3 rings (SSSR count). The van der Waals surface area contributed by atoms with Crippen LogP contribution in [0, 0.1) is 24.1 Å². The monoisotopic (exact) mass is 322 g/mol. The molecule has 5 nitrogen and oxygen atoms in total. The zero-order chi connectivity index (χ0) is 17.3. The summed E-state index contributed by atoms with van der Waals surface area (Å²) in [7, 11) is 0. The lowest BCUT2D eigenvalue weighted by atomic mass is 10.1. The van der Waals surface area contributed by atoms with Gasteiger partial charge in [-0.05, 0) is 43.3 Å². The lowest BCUT2D eigenvalue weighted by Gasteiger charge is -2.14. The van der Waals surface area contributed by atoms with Crippen LogP contribution < -0.4 is 11.3 Å². The summed E-state index contributed by atoms with van der Waals surface area (Å²) in [5.41, 5.74) is 7.12. The molecule has 0 saturated carbocycles. The maximum atomic E-state index is 13.8. The number of aromatic nitrogens is 2. The molecular formula is C18H15FN4O. The molecule has 0 radical (unpaired) electrons. The van der Waals surface area contributed by atoms with Crippen molar-refractivity contribution in [1.82, 2.24) is 9.55 Å². The Hall–Kier alpha value is -3.04. The van der Waals surface area contributed by atoms with Crippen molar-refractivity contribution >= 4 is 10.9 Å². The average Bonchev–Trinajstić information content (AvgIpc) is 2.54. The number of benzene rings is 2. The van der Waals surface area contributed by atoms with Crippen LogP contribution in [0.3, 0.4) is 0 Å². The fraction of sp³-hybridized carbons (Fsp3) is 0.167. The van der Waals surface area contributed by atoms with Crippen molar-refractivity contribution in [2.75, 3.05) is 6.54 Å². The summed E-state index contributed by atoms with van der Waals surface area (Å²) in [6.45, 7) is 2.12. The lowest BCUT2D eigenvalue weighted by Crippen LogP contribution is -2.26. The highest BCUT2D eigenvalue weighted by atomic mass is 19.1. The zero-order valence-electron chi connectivity index (χ0n) is 13.1. The molecule has 0 aliphatic heterocycles. The van der Waals surface area contributed by atoms with Crippen LogP contribution in [0.5, 0.6) is 0 Å². The molecule has 0 bridgehead atoms. The SMILES string of the molecule is Cc1cccc2nc(CCN)n(-c3cc(F)cc(C#N)c3)c(=O)c12. The van der Waals surface area contributed by atoms with E-state index < -0.39 is 5.82 Å². The van der Waals surface area contributed by atoms with Crippen LogP contribution in [-0.4, -0.2) is 16.1 Å².